The average Bonchev–Trinajstić information content (AvgIpc) is 3.31. The zero-order chi connectivity index (χ0) is 19.8. The van der Waals surface area contributed by atoms with Crippen molar-refractivity contribution in [1.82, 2.24) is 14.5 Å². The number of ether oxygens (including phenoxy) is 1. The molecular weight excluding hydrogens is 362 g/mol. The Morgan fingerprint density at radius 1 is 1.14 bits per heavy atom. The van der Waals surface area contributed by atoms with Crippen LogP contribution in [0.4, 0.5) is 0 Å². The SMILES string of the molecule is COc1ccc2[nH]c3c(c2c1)CCN(CCCn1cc(C=O)c2ccccc21)C3. The highest BCUT2D eigenvalue weighted by Crippen LogP contribution is 2.30. The van der Waals surface area contributed by atoms with Gasteiger partial charge in [-0.2, -0.15) is 0 Å². The second-order valence-corrected chi connectivity index (χ2v) is 7.79. The minimum Gasteiger partial charge on any atom is -0.497 e. The standard InChI is InChI=1S/C24H25N3O2/c1-29-18-7-8-22-21(13-18)20-9-12-26(15-23(20)25-22)10-4-11-27-14-17(16-28)19-5-2-3-6-24(19)27/h2-3,5-8,13-14,16,25H,4,9-12,15H2,1H3. The second kappa shape index (κ2) is 7.41. The third-order valence-corrected chi connectivity index (χ3v) is 6.08. The lowest BCUT2D eigenvalue weighted by molar-refractivity contribution is 0.112. The highest BCUT2D eigenvalue weighted by Gasteiger charge is 2.20. The first-order chi connectivity index (χ1) is 14.3. The minimum absolute atomic E-state index is 0.775. The summed E-state index contributed by atoms with van der Waals surface area (Å²) in [4.78, 5) is 17.5. The van der Waals surface area contributed by atoms with Gasteiger partial charge in [0.1, 0.15) is 5.75 Å². The van der Waals surface area contributed by atoms with Crippen LogP contribution in [-0.2, 0) is 19.5 Å². The van der Waals surface area contributed by atoms with E-state index >= 15 is 0 Å². The van der Waals surface area contributed by atoms with Crippen molar-refractivity contribution in [3.05, 3.63) is 65.5 Å². The van der Waals surface area contributed by atoms with E-state index in [2.05, 4.69) is 32.7 Å². The molecule has 5 nitrogen and oxygen atoms in total. The van der Waals surface area contributed by atoms with E-state index in [0.29, 0.717) is 0 Å². The topological polar surface area (TPSA) is 50.3 Å². The van der Waals surface area contributed by atoms with Crippen LogP contribution < -0.4 is 4.74 Å². The van der Waals surface area contributed by atoms with E-state index in [1.54, 1.807) is 7.11 Å². The number of H-pyrrole nitrogens is 1. The molecule has 0 radical (unpaired) electrons. The van der Waals surface area contributed by atoms with Crippen molar-refractivity contribution in [3.8, 4) is 5.75 Å². The van der Waals surface area contributed by atoms with Crippen LogP contribution in [0.5, 0.6) is 5.75 Å². The molecule has 4 aromatic rings. The van der Waals surface area contributed by atoms with E-state index in [1.165, 1.54) is 22.2 Å². The van der Waals surface area contributed by atoms with Crippen LogP contribution in [0.25, 0.3) is 21.8 Å². The molecule has 3 heterocycles. The number of benzene rings is 2. The van der Waals surface area contributed by atoms with Gasteiger partial charge in [0.05, 0.1) is 7.11 Å². The first kappa shape index (κ1) is 18.0. The van der Waals surface area contributed by atoms with Gasteiger partial charge >= 0.3 is 0 Å². The Morgan fingerprint density at radius 3 is 2.90 bits per heavy atom. The summed E-state index contributed by atoms with van der Waals surface area (Å²) < 4.78 is 7.60. The van der Waals surface area contributed by atoms with E-state index in [-0.39, 0.29) is 0 Å². The maximum absolute atomic E-state index is 11.4. The fourth-order valence-electron chi connectivity index (χ4n) is 4.61. The van der Waals surface area contributed by atoms with Gasteiger partial charge in [0.15, 0.2) is 6.29 Å². The Labute approximate surface area is 169 Å². The number of aromatic amines is 1. The number of hydrogen-bond donors (Lipinski definition) is 1. The summed E-state index contributed by atoms with van der Waals surface area (Å²) in [7, 11) is 1.72. The Kier molecular flexibility index (Phi) is 4.60. The third kappa shape index (κ3) is 3.21. The van der Waals surface area contributed by atoms with Gasteiger partial charge in [-0.15, -0.1) is 0 Å². The maximum atomic E-state index is 11.4. The second-order valence-electron chi connectivity index (χ2n) is 7.79. The first-order valence-corrected chi connectivity index (χ1v) is 10.2. The number of rotatable bonds is 6. The summed E-state index contributed by atoms with van der Waals surface area (Å²) in [5.74, 6) is 0.912. The molecule has 1 N–H and O–H groups in total. The third-order valence-electron chi connectivity index (χ3n) is 6.08. The van der Waals surface area contributed by atoms with Gasteiger partial charge in [0, 0.05) is 65.4 Å². The fraction of sp³-hybridized carbons (Fsp3) is 0.292. The smallest absolute Gasteiger partial charge is 0.152 e. The molecule has 1 aliphatic heterocycles. The molecule has 0 aliphatic carbocycles. The number of fused-ring (bicyclic) bond motifs is 4. The molecule has 5 heteroatoms. The quantitative estimate of drug-likeness (QED) is 0.499. The number of carbonyl (C=O) groups excluding carboxylic acids is 1. The van der Waals surface area contributed by atoms with Gasteiger partial charge in [-0.1, -0.05) is 18.2 Å². The zero-order valence-electron chi connectivity index (χ0n) is 16.6. The van der Waals surface area contributed by atoms with Crippen molar-refractivity contribution in [3.63, 3.8) is 0 Å². The number of aromatic nitrogens is 2. The molecule has 2 aromatic carbocycles. The maximum Gasteiger partial charge on any atom is 0.152 e. The molecule has 0 bridgehead atoms. The van der Waals surface area contributed by atoms with E-state index in [1.807, 2.05) is 30.5 Å². The monoisotopic (exact) mass is 387 g/mol. The molecule has 29 heavy (non-hydrogen) atoms. The summed E-state index contributed by atoms with van der Waals surface area (Å²) in [6.45, 7) is 3.99. The number of aldehydes is 1. The number of carbonyl (C=O) groups is 1. The number of aryl methyl sites for hydroxylation is 1. The Balaban J connectivity index is 1.27. The molecule has 0 saturated heterocycles. The van der Waals surface area contributed by atoms with Gasteiger partial charge in [-0.25, -0.2) is 0 Å². The van der Waals surface area contributed by atoms with Gasteiger partial charge in [-0.05, 0) is 42.7 Å². The van der Waals surface area contributed by atoms with Crippen LogP contribution in [0.3, 0.4) is 0 Å². The lowest BCUT2D eigenvalue weighted by Gasteiger charge is -2.27. The number of methoxy groups -OCH3 is 1. The fourth-order valence-corrected chi connectivity index (χ4v) is 4.61. The molecule has 5 rings (SSSR count). The molecule has 0 spiro atoms. The molecule has 0 saturated carbocycles. The van der Waals surface area contributed by atoms with Crippen molar-refractivity contribution in [2.45, 2.75) is 25.9 Å². The van der Waals surface area contributed by atoms with Gasteiger partial charge in [-0.3, -0.25) is 9.69 Å². The molecule has 1 aliphatic rings. The normalized spacial score (nSPS) is 14.4. The van der Waals surface area contributed by atoms with Gasteiger partial charge in [0.25, 0.3) is 0 Å². The van der Waals surface area contributed by atoms with Crippen LogP contribution in [-0.4, -0.2) is 40.9 Å². The van der Waals surface area contributed by atoms with E-state index < -0.39 is 0 Å². The van der Waals surface area contributed by atoms with Gasteiger partial charge < -0.3 is 14.3 Å². The van der Waals surface area contributed by atoms with Gasteiger partial charge in [0.2, 0.25) is 0 Å². The summed E-state index contributed by atoms with van der Waals surface area (Å²) in [6, 6.07) is 14.4. The van der Waals surface area contributed by atoms with Crippen LogP contribution in [0, 0.1) is 0 Å². The minimum atomic E-state index is 0.775. The van der Waals surface area contributed by atoms with E-state index in [0.717, 1.165) is 67.5 Å². The average molecular weight is 387 g/mol. The van der Waals surface area contributed by atoms with Crippen LogP contribution in [0.1, 0.15) is 28.0 Å². The summed E-state index contributed by atoms with van der Waals surface area (Å²) in [5, 5.41) is 2.33. The number of para-hydroxylation sites is 1. The molecular formula is C24H25N3O2. The lowest BCUT2D eigenvalue weighted by atomic mass is 10.0. The molecule has 0 atom stereocenters. The Bertz CT molecular complexity index is 1190. The first-order valence-electron chi connectivity index (χ1n) is 10.2. The van der Waals surface area contributed by atoms with Crippen molar-refractivity contribution >= 4 is 28.1 Å². The molecule has 2 aromatic heterocycles. The zero-order valence-corrected chi connectivity index (χ0v) is 16.6. The van der Waals surface area contributed by atoms with E-state index in [9.17, 15) is 4.79 Å². The molecule has 0 amide bonds. The van der Waals surface area contributed by atoms with Crippen molar-refractivity contribution in [2.75, 3.05) is 20.2 Å². The Morgan fingerprint density at radius 2 is 2.03 bits per heavy atom. The summed E-state index contributed by atoms with van der Waals surface area (Å²) >= 11 is 0. The van der Waals surface area contributed by atoms with Crippen molar-refractivity contribution in [1.29, 1.82) is 0 Å². The van der Waals surface area contributed by atoms with Crippen LogP contribution >= 0.6 is 0 Å². The number of nitrogens with one attached hydrogen (secondary N) is 1. The van der Waals surface area contributed by atoms with Crippen LogP contribution in [0.15, 0.2) is 48.7 Å². The Hall–Kier alpha value is -3.05. The number of hydrogen-bond acceptors (Lipinski definition) is 3. The number of nitrogens with zero attached hydrogens (tertiary/aromatic N) is 2. The predicted molar refractivity (Wildman–Crippen MR) is 116 cm³/mol. The summed E-state index contributed by atoms with van der Waals surface area (Å²) in [5.41, 5.74) is 5.87. The highest BCUT2D eigenvalue weighted by molar-refractivity contribution is 5.97. The van der Waals surface area contributed by atoms with E-state index in [4.69, 9.17) is 4.74 Å². The van der Waals surface area contributed by atoms with Crippen LogP contribution in [0.2, 0.25) is 0 Å². The largest absolute Gasteiger partial charge is 0.497 e. The predicted octanol–water partition coefficient (Wildman–Crippen LogP) is 4.39. The highest BCUT2D eigenvalue weighted by atomic mass is 16.5. The molecule has 0 unspecified atom stereocenters. The van der Waals surface area contributed by atoms with Crippen molar-refractivity contribution < 1.29 is 9.53 Å². The summed E-state index contributed by atoms with van der Waals surface area (Å²) in [6.07, 6.45) is 5.05. The molecule has 0 fully saturated rings. The molecule has 148 valence electrons. The lowest BCUT2D eigenvalue weighted by Crippen LogP contribution is -2.31. The van der Waals surface area contributed by atoms with Crippen molar-refractivity contribution in [2.24, 2.45) is 0 Å².